The monoisotopic (exact) mass is 1100 g/mol. The van der Waals surface area contributed by atoms with E-state index in [1.807, 2.05) is 13.0 Å². The zero-order valence-corrected chi connectivity index (χ0v) is 46.2. The van der Waals surface area contributed by atoms with Gasteiger partial charge in [-0.2, -0.15) is 0 Å². The molecule has 0 unspecified atom stereocenters. The molecule has 2 aromatic carbocycles. The van der Waals surface area contributed by atoms with Crippen molar-refractivity contribution in [2.75, 3.05) is 49.9 Å². The first-order valence-corrected chi connectivity index (χ1v) is 26.2. The van der Waals surface area contributed by atoms with Crippen LogP contribution in [0.15, 0.2) is 54.1 Å². The fraction of sp³-hybridized carbons (Fsp3) is 0.566. The standard InChI is InChI=1S/C53H74Cl2N8O13/c1-29(2)46(61-43(65)18-11-10-12-21-56)49(68)59-37(16-14-22-57-32(5)64)48(67)58-34-19-20-36(35(54)26-34)60-50(69)75-42-27-44(66)63(7)38-24-33(25-39(72-8)45(38)55)23-30(3)15-13-17-41(73-9)53(71)28-40(74-51(70)62-53)31(4)47-52(42,6)76-47/h13,15,17,19-20,24-26,29,31,37,40-42,46-47,71H,10-12,14,16,18,21-23,27-28,56H2,1-9H3,(H,57,64)(H,58,67)(H,59,68)(H,60,69)(H,61,65)(H,62,70)/b17-13+,30-15+/t31-,37+,40+,41-,42+,46+,47+,52+,53+/m1/s1. The molecule has 3 heterocycles. The Balaban J connectivity index is 1.37. The summed E-state index contributed by atoms with van der Waals surface area (Å²) in [6, 6.07) is 5.74. The van der Waals surface area contributed by atoms with E-state index in [-0.39, 0.29) is 65.0 Å². The first-order valence-electron chi connectivity index (χ1n) is 25.4. The number of carbonyl (C=O) groups is 7. The Hall–Kier alpha value is -5.97. The number of hydrogen-bond donors (Lipinski definition) is 8. The fourth-order valence-electron chi connectivity index (χ4n) is 9.29. The lowest BCUT2D eigenvalue weighted by Gasteiger charge is -2.42. The number of unbranched alkanes of at least 4 members (excludes halogenated alkanes) is 2. The number of carbonyl (C=O) groups excluding carboxylic acids is 7. The molecule has 0 radical (unpaired) electrons. The van der Waals surface area contributed by atoms with Crippen molar-refractivity contribution in [1.29, 1.82) is 0 Å². The second-order valence-corrected chi connectivity index (χ2v) is 20.9. The number of nitrogens with zero attached hydrogens (tertiary/aromatic N) is 1. The number of epoxide rings is 1. The van der Waals surface area contributed by atoms with Crippen LogP contribution in [-0.4, -0.2) is 129 Å². The number of rotatable bonds is 19. The molecule has 4 bridgehead atoms. The molecule has 2 aromatic rings. The number of halogens is 2. The van der Waals surface area contributed by atoms with Gasteiger partial charge in [0.05, 0.1) is 36.0 Å². The normalized spacial score (nSPS) is 25.5. The largest absolute Gasteiger partial charge is 0.495 e. The lowest BCUT2D eigenvalue weighted by Crippen LogP contribution is -2.63. The molecule has 76 heavy (non-hydrogen) atoms. The summed E-state index contributed by atoms with van der Waals surface area (Å²) in [5, 5.41) is 28.1. The molecule has 0 saturated carbocycles. The van der Waals surface area contributed by atoms with Crippen molar-refractivity contribution in [3.05, 3.63) is 69.7 Å². The average Bonchev–Trinajstić information content (AvgIpc) is 4.05. The molecule has 418 valence electrons. The van der Waals surface area contributed by atoms with E-state index < -0.39 is 90.1 Å². The van der Waals surface area contributed by atoms with E-state index in [2.05, 4.69) is 31.9 Å². The van der Waals surface area contributed by atoms with Gasteiger partial charge in [-0.25, -0.2) is 9.59 Å². The van der Waals surface area contributed by atoms with Crippen LogP contribution in [0, 0.1) is 11.8 Å². The van der Waals surface area contributed by atoms with Crippen molar-refractivity contribution < 1.29 is 62.4 Å². The highest BCUT2D eigenvalue weighted by atomic mass is 35.5. The van der Waals surface area contributed by atoms with E-state index in [1.54, 1.807) is 52.0 Å². The van der Waals surface area contributed by atoms with Gasteiger partial charge >= 0.3 is 12.2 Å². The molecule has 3 aliphatic rings. The number of benzene rings is 2. The van der Waals surface area contributed by atoms with E-state index in [0.29, 0.717) is 37.2 Å². The summed E-state index contributed by atoms with van der Waals surface area (Å²) in [6.45, 7) is 11.0. The smallest absolute Gasteiger partial charge is 0.412 e. The van der Waals surface area contributed by atoms with Gasteiger partial charge in [-0.05, 0) is 94.3 Å². The Morgan fingerprint density at radius 3 is 2.41 bits per heavy atom. The molecule has 9 N–H and O–H groups in total. The molecular weight excluding hydrogens is 1030 g/mol. The lowest BCUT2D eigenvalue weighted by molar-refractivity contribution is -0.142. The van der Waals surface area contributed by atoms with Gasteiger partial charge in [0, 0.05) is 52.1 Å². The van der Waals surface area contributed by atoms with Crippen molar-refractivity contribution in [1.82, 2.24) is 21.3 Å². The highest BCUT2D eigenvalue weighted by Crippen LogP contribution is 2.49. The topological polar surface area (TPSA) is 291 Å². The van der Waals surface area contributed by atoms with Crippen LogP contribution >= 0.6 is 23.2 Å². The Labute approximate surface area is 454 Å². The Morgan fingerprint density at radius 1 is 1.01 bits per heavy atom. The lowest BCUT2D eigenvalue weighted by atomic mass is 9.83. The van der Waals surface area contributed by atoms with Crippen LogP contribution in [0.4, 0.5) is 26.7 Å². The molecule has 9 atom stereocenters. The number of nitrogens with one attached hydrogen (secondary N) is 6. The molecule has 0 spiro atoms. The average molecular weight is 1100 g/mol. The summed E-state index contributed by atoms with van der Waals surface area (Å²) < 4.78 is 29.3. The quantitative estimate of drug-likeness (QED) is 0.0590. The summed E-state index contributed by atoms with van der Waals surface area (Å²) in [4.78, 5) is 94.6. The molecule has 5 rings (SSSR count). The number of fused-ring (bicyclic) bond motifs is 5. The predicted octanol–water partition coefficient (Wildman–Crippen LogP) is 6.03. The van der Waals surface area contributed by atoms with Crippen molar-refractivity contribution in [2.45, 2.75) is 147 Å². The summed E-state index contributed by atoms with van der Waals surface area (Å²) >= 11 is 13.5. The van der Waals surface area contributed by atoms with Crippen molar-refractivity contribution >= 4 is 82.0 Å². The number of alkyl carbamates (subject to hydrolysis) is 1. The minimum absolute atomic E-state index is 0.0234. The molecule has 3 aliphatic heterocycles. The molecular formula is C53H74Cl2N8O13. The number of anilines is 3. The number of aliphatic hydroxyl groups is 1. The minimum Gasteiger partial charge on any atom is -0.495 e. The van der Waals surface area contributed by atoms with Gasteiger partial charge in [-0.3, -0.25) is 34.6 Å². The molecule has 7 amide bonds. The van der Waals surface area contributed by atoms with Gasteiger partial charge in [0.25, 0.3) is 0 Å². The van der Waals surface area contributed by atoms with Crippen LogP contribution in [0.2, 0.25) is 10.0 Å². The van der Waals surface area contributed by atoms with E-state index in [1.165, 1.54) is 51.3 Å². The van der Waals surface area contributed by atoms with E-state index >= 15 is 0 Å². The number of amides is 7. The first-order chi connectivity index (χ1) is 35.9. The fourth-order valence-corrected chi connectivity index (χ4v) is 9.83. The number of ether oxygens (including phenoxy) is 5. The highest BCUT2D eigenvalue weighted by Gasteiger charge is 2.64. The summed E-state index contributed by atoms with van der Waals surface area (Å²) in [5.74, 6) is -2.87. The van der Waals surface area contributed by atoms with Gasteiger partial charge in [0.15, 0.2) is 5.72 Å². The van der Waals surface area contributed by atoms with Crippen molar-refractivity contribution in [2.24, 2.45) is 17.6 Å². The maximum absolute atomic E-state index is 14.4. The number of nitrogens with two attached hydrogens (primary N) is 1. The number of hydrogen-bond acceptors (Lipinski definition) is 14. The molecule has 0 aromatic heterocycles. The Morgan fingerprint density at radius 2 is 1.75 bits per heavy atom. The van der Waals surface area contributed by atoms with E-state index in [0.717, 1.165) is 24.0 Å². The van der Waals surface area contributed by atoms with Crippen LogP contribution < -0.4 is 47.3 Å². The summed E-state index contributed by atoms with van der Waals surface area (Å²) in [5.41, 5.74) is 4.58. The number of methoxy groups -OCH3 is 2. The maximum Gasteiger partial charge on any atom is 0.412 e. The van der Waals surface area contributed by atoms with Gasteiger partial charge in [-0.15, -0.1) is 0 Å². The van der Waals surface area contributed by atoms with Crippen LogP contribution in [0.3, 0.4) is 0 Å². The molecule has 23 heteroatoms. The molecule has 2 saturated heterocycles. The van der Waals surface area contributed by atoms with Gasteiger partial charge in [0.2, 0.25) is 29.5 Å². The van der Waals surface area contributed by atoms with Crippen LogP contribution in [0.1, 0.15) is 98.5 Å². The number of allylic oxidation sites excluding steroid dienone is 3. The van der Waals surface area contributed by atoms with Gasteiger partial charge < -0.3 is 60.7 Å². The third-order valence-electron chi connectivity index (χ3n) is 13.7. The van der Waals surface area contributed by atoms with Crippen LogP contribution in [0.5, 0.6) is 5.75 Å². The third-order valence-corrected chi connectivity index (χ3v) is 14.4. The zero-order chi connectivity index (χ0) is 56.1. The highest BCUT2D eigenvalue weighted by molar-refractivity contribution is 6.35. The molecule has 2 fully saturated rings. The van der Waals surface area contributed by atoms with E-state index in [9.17, 15) is 38.7 Å². The summed E-state index contributed by atoms with van der Waals surface area (Å²) in [6.07, 6.45) is 1.99. The summed E-state index contributed by atoms with van der Waals surface area (Å²) in [7, 11) is 4.40. The second-order valence-electron chi connectivity index (χ2n) is 20.1. The second kappa shape index (κ2) is 27.4. The van der Waals surface area contributed by atoms with Crippen molar-refractivity contribution in [3.8, 4) is 5.75 Å². The van der Waals surface area contributed by atoms with Gasteiger partial charge in [-0.1, -0.05) is 74.2 Å². The Kier molecular flexibility index (Phi) is 21.9. The minimum atomic E-state index is -1.89. The Bertz CT molecular complexity index is 2510. The van der Waals surface area contributed by atoms with E-state index in [4.69, 9.17) is 52.6 Å². The maximum atomic E-state index is 14.4. The van der Waals surface area contributed by atoms with Crippen LogP contribution in [0.25, 0.3) is 0 Å². The van der Waals surface area contributed by atoms with Crippen LogP contribution in [-0.2, 0) is 49.3 Å². The molecule has 21 nitrogen and oxygen atoms in total. The first kappa shape index (κ1) is 60.9. The van der Waals surface area contributed by atoms with Gasteiger partial charge in [0.1, 0.15) is 46.8 Å². The third kappa shape index (κ3) is 16.3. The zero-order valence-electron chi connectivity index (χ0n) is 44.6. The van der Waals surface area contributed by atoms with Crippen molar-refractivity contribution in [3.63, 3.8) is 0 Å². The molecule has 0 aliphatic carbocycles. The SMILES string of the molecule is COc1cc2cc(c1Cl)N(C)C(=O)C[C@H](OC(=O)Nc1ccc(NC(=O)[C@H](CCCNC(C)=O)NC(=O)[C@@H](NC(=O)CCCCCN)C(C)C)cc1Cl)[C@]1(C)O[C@H]1[C@H](C)[C@@H]1C[C@@](O)(NC(=O)O1)[C@H](OC)/C=C/C=C(\C)C2. The predicted molar refractivity (Wildman–Crippen MR) is 287 cm³/mol.